The van der Waals surface area contributed by atoms with Gasteiger partial charge in [-0.3, -0.25) is 19.9 Å². The van der Waals surface area contributed by atoms with Gasteiger partial charge in [0.1, 0.15) is 36.1 Å². The van der Waals surface area contributed by atoms with E-state index in [0.717, 1.165) is 5.56 Å². The zero-order valence-corrected chi connectivity index (χ0v) is 21.7. The summed E-state index contributed by atoms with van der Waals surface area (Å²) in [6.45, 7) is 3.62. The number of hydrogen-bond acceptors (Lipinski definition) is 10. The predicted molar refractivity (Wildman–Crippen MR) is 139 cm³/mol. The van der Waals surface area contributed by atoms with Crippen molar-refractivity contribution in [2.24, 2.45) is 0 Å². The molecule has 3 aliphatic heterocycles. The van der Waals surface area contributed by atoms with Crippen molar-refractivity contribution >= 4 is 35.7 Å². The molecule has 3 atom stereocenters. The van der Waals surface area contributed by atoms with Gasteiger partial charge in [0.25, 0.3) is 0 Å². The first-order chi connectivity index (χ1) is 18.9. The summed E-state index contributed by atoms with van der Waals surface area (Å²) in [5.74, 6) is 0.634. The molecule has 13 nitrogen and oxygen atoms in total. The molecule has 0 aliphatic carbocycles. The summed E-state index contributed by atoms with van der Waals surface area (Å²) in [4.78, 5) is 49.1. The average Bonchev–Trinajstić information content (AvgIpc) is 3.53. The SMILES string of the molecule is COC1COC[C@@H]1Nc1cc(NC(=O)N2CCCc3cc(CN4C(=O)OC[C@@H]4C)c(C=O)nc32)ncc1C#N. The van der Waals surface area contributed by atoms with Gasteiger partial charge in [-0.1, -0.05) is 0 Å². The third-order valence-corrected chi connectivity index (χ3v) is 7.12. The standard InChI is InChI=1S/C26H29N7O6/c1-15-12-39-26(36)33(15)10-17-6-16-4-3-5-32(24(16)30-20(17)11-34)25(35)31-23-7-19(18(8-27)9-28-23)29-21-13-38-14-22(21)37-2/h6-7,9,11,15,21-22H,3-5,10,12-14H2,1-2H3,(H2,28,29,31,35)/t15-,21-,22?/m0/s1. The van der Waals surface area contributed by atoms with Crippen LogP contribution in [0.1, 0.15) is 40.5 Å². The minimum atomic E-state index is -0.466. The van der Waals surface area contributed by atoms with Crippen LogP contribution < -0.4 is 15.5 Å². The highest BCUT2D eigenvalue weighted by molar-refractivity contribution is 6.01. The van der Waals surface area contributed by atoms with E-state index in [-0.39, 0.29) is 36.2 Å². The van der Waals surface area contributed by atoms with Crippen LogP contribution in [-0.4, -0.2) is 84.9 Å². The quantitative estimate of drug-likeness (QED) is 0.504. The average molecular weight is 536 g/mol. The Hall–Kier alpha value is -4.28. The van der Waals surface area contributed by atoms with Gasteiger partial charge in [-0.25, -0.2) is 19.6 Å². The van der Waals surface area contributed by atoms with Crippen molar-refractivity contribution in [2.75, 3.05) is 49.0 Å². The number of hydrogen-bond donors (Lipinski definition) is 2. The number of aryl methyl sites for hydroxylation is 1. The third-order valence-electron chi connectivity index (χ3n) is 7.12. The van der Waals surface area contributed by atoms with Gasteiger partial charge >= 0.3 is 12.1 Å². The number of amides is 3. The molecule has 0 spiro atoms. The second-order valence-corrected chi connectivity index (χ2v) is 9.66. The number of urea groups is 1. The van der Waals surface area contributed by atoms with E-state index in [9.17, 15) is 19.6 Å². The molecule has 2 saturated heterocycles. The van der Waals surface area contributed by atoms with Crippen LogP contribution >= 0.6 is 0 Å². The fraction of sp³-hybridized carbons (Fsp3) is 0.462. The third kappa shape index (κ3) is 5.34. The van der Waals surface area contributed by atoms with Gasteiger partial charge in [0.05, 0.1) is 43.1 Å². The van der Waals surface area contributed by atoms with Crippen LogP contribution in [0.5, 0.6) is 0 Å². The lowest BCUT2D eigenvalue weighted by Gasteiger charge is -2.29. The Bertz CT molecular complexity index is 1330. The maximum Gasteiger partial charge on any atom is 0.410 e. The first-order valence-electron chi connectivity index (χ1n) is 12.7. The summed E-state index contributed by atoms with van der Waals surface area (Å²) in [7, 11) is 1.60. The molecule has 2 aromatic rings. The van der Waals surface area contributed by atoms with Crippen molar-refractivity contribution < 1.29 is 28.6 Å². The van der Waals surface area contributed by atoms with Gasteiger partial charge in [0.15, 0.2) is 6.29 Å². The first-order valence-corrected chi connectivity index (χ1v) is 12.7. The molecule has 0 bridgehead atoms. The lowest BCUT2D eigenvalue weighted by atomic mass is 10.0. The Morgan fingerprint density at radius 2 is 2.18 bits per heavy atom. The molecule has 3 amide bonds. The number of fused-ring (bicyclic) bond motifs is 1. The number of carbonyl (C=O) groups is 3. The van der Waals surface area contributed by atoms with E-state index in [1.54, 1.807) is 18.1 Å². The summed E-state index contributed by atoms with van der Waals surface area (Å²) in [5, 5.41) is 15.6. The van der Waals surface area contributed by atoms with E-state index in [1.165, 1.54) is 11.1 Å². The number of nitriles is 1. The maximum atomic E-state index is 13.3. The van der Waals surface area contributed by atoms with Crippen LogP contribution in [0, 0.1) is 11.3 Å². The smallest absolute Gasteiger partial charge is 0.410 e. The minimum Gasteiger partial charge on any atom is -0.447 e. The summed E-state index contributed by atoms with van der Waals surface area (Å²) < 4.78 is 16.0. The Morgan fingerprint density at radius 3 is 2.90 bits per heavy atom. The van der Waals surface area contributed by atoms with Crippen LogP contribution in [0.25, 0.3) is 0 Å². The van der Waals surface area contributed by atoms with E-state index in [2.05, 4.69) is 26.7 Å². The normalized spacial score (nSPS) is 22.2. The van der Waals surface area contributed by atoms with Gasteiger partial charge < -0.3 is 19.5 Å². The Labute approximate surface area is 225 Å². The summed E-state index contributed by atoms with van der Waals surface area (Å²) in [6.07, 6.45) is 2.78. The summed E-state index contributed by atoms with van der Waals surface area (Å²) >= 11 is 0. The number of ether oxygens (including phenoxy) is 3. The highest BCUT2D eigenvalue weighted by atomic mass is 16.6. The molecular weight excluding hydrogens is 506 g/mol. The number of anilines is 3. The molecule has 2 aromatic heterocycles. The number of nitrogens with one attached hydrogen (secondary N) is 2. The van der Waals surface area contributed by atoms with Gasteiger partial charge in [-0.15, -0.1) is 0 Å². The van der Waals surface area contributed by atoms with Crippen LogP contribution in [0.3, 0.4) is 0 Å². The molecule has 2 fully saturated rings. The van der Waals surface area contributed by atoms with Crippen molar-refractivity contribution in [1.82, 2.24) is 14.9 Å². The van der Waals surface area contributed by atoms with Crippen LogP contribution in [0.4, 0.5) is 26.9 Å². The molecule has 0 radical (unpaired) electrons. The van der Waals surface area contributed by atoms with Gasteiger partial charge in [-0.2, -0.15) is 5.26 Å². The number of pyridine rings is 2. The second kappa shape index (κ2) is 11.2. The molecule has 204 valence electrons. The number of rotatable bonds is 7. The second-order valence-electron chi connectivity index (χ2n) is 9.66. The number of nitrogens with zero attached hydrogens (tertiary/aromatic N) is 5. The van der Waals surface area contributed by atoms with Crippen molar-refractivity contribution in [3.05, 3.63) is 40.7 Å². The minimum absolute atomic E-state index is 0.115. The molecule has 3 aliphatic rings. The van der Waals surface area contributed by atoms with Gasteiger partial charge in [-0.05, 0) is 31.4 Å². The molecule has 5 heterocycles. The van der Waals surface area contributed by atoms with Gasteiger partial charge in [0, 0.05) is 31.5 Å². The van der Waals surface area contributed by atoms with Crippen LogP contribution in [0.2, 0.25) is 0 Å². The zero-order chi connectivity index (χ0) is 27.5. The summed E-state index contributed by atoms with van der Waals surface area (Å²) in [6, 6.07) is 4.79. The van der Waals surface area contributed by atoms with Crippen molar-refractivity contribution in [1.29, 1.82) is 5.26 Å². The van der Waals surface area contributed by atoms with E-state index >= 15 is 0 Å². The van der Waals surface area contributed by atoms with Crippen molar-refractivity contribution in [3.63, 3.8) is 0 Å². The number of aromatic nitrogens is 2. The fourth-order valence-electron chi connectivity index (χ4n) is 4.94. The first kappa shape index (κ1) is 26.3. The lowest BCUT2D eigenvalue weighted by Crippen LogP contribution is -2.40. The molecular formula is C26H29N7O6. The predicted octanol–water partition coefficient (Wildman–Crippen LogP) is 2.31. The van der Waals surface area contributed by atoms with E-state index in [1.807, 2.05) is 13.0 Å². The van der Waals surface area contributed by atoms with Crippen molar-refractivity contribution in [2.45, 2.75) is 44.5 Å². The molecule has 0 saturated carbocycles. The van der Waals surface area contributed by atoms with E-state index in [4.69, 9.17) is 14.2 Å². The lowest BCUT2D eigenvalue weighted by molar-refractivity contribution is 0.0795. The van der Waals surface area contributed by atoms with Crippen molar-refractivity contribution in [3.8, 4) is 6.07 Å². The fourth-order valence-corrected chi connectivity index (χ4v) is 4.94. The Morgan fingerprint density at radius 1 is 1.33 bits per heavy atom. The topological polar surface area (TPSA) is 159 Å². The Balaban J connectivity index is 1.36. The molecule has 0 aromatic carbocycles. The number of cyclic esters (lactones) is 1. The Kier molecular flexibility index (Phi) is 7.58. The number of methoxy groups -OCH3 is 1. The zero-order valence-electron chi connectivity index (χ0n) is 21.7. The van der Waals surface area contributed by atoms with Crippen LogP contribution in [-0.2, 0) is 27.2 Å². The summed E-state index contributed by atoms with van der Waals surface area (Å²) in [5.41, 5.74) is 2.39. The van der Waals surface area contributed by atoms with Crippen LogP contribution in [0.15, 0.2) is 18.3 Å². The van der Waals surface area contributed by atoms with Gasteiger partial charge in [0.2, 0.25) is 0 Å². The molecule has 1 unspecified atom stereocenters. The molecule has 39 heavy (non-hydrogen) atoms. The highest BCUT2D eigenvalue weighted by Crippen LogP contribution is 2.30. The van der Waals surface area contributed by atoms with E-state index < -0.39 is 12.1 Å². The monoisotopic (exact) mass is 535 g/mol. The number of carbonyl (C=O) groups excluding carboxylic acids is 3. The largest absolute Gasteiger partial charge is 0.447 e. The van der Waals surface area contributed by atoms with E-state index in [0.29, 0.717) is 68.1 Å². The maximum absolute atomic E-state index is 13.3. The molecule has 2 N–H and O–H groups in total. The molecule has 13 heteroatoms. The number of aldehydes is 1. The highest BCUT2D eigenvalue weighted by Gasteiger charge is 2.32. The molecule has 5 rings (SSSR count).